The molecule has 1 rings (SSSR count). The van der Waals surface area contributed by atoms with Crippen LogP contribution < -0.4 is 5.32 Å². The molecule has 0 saturated heterocycles. The summed E-state index contributed by atoms with van der Waals surface area (Å²) >= 11 is 0. The van der Waals surface area contributed by atoms with Crippen molar-refractivity contribution < 1.29 is 9.50 Å². The van der Waals surface area contributed by atoms with Crippen LogP contribution in [0, 0.1) is 17.1 Å². The molecule has 0 aromatic heterocycles. The number of nitrogens with zero attached hydrogens (tertiary/aromatic N) is 1. The predicted molar refractivity (Wildman–Crippen MR) is 54.5 cm³/mol. The average molecular weight is 208 g/mol. The number of halogens is 1. The lowest BCUT2D eigenvalue weighted by molar-refractivity contribution is 0.191. The molecule has 1 unspecified atom stereocenters. The zero-order chi connectivity index (χ0) is 11.3. The van der Waals surface area contributed by atoms with Crippen molar-refractivity contribution in [2.24, 2.45) is 0 Å². The Hall–Kier alpha value is -1.44. The lowest BCUT2D eigenvalue weighted by atomic mass is 10.1. The molecule has 1 aromatic carbocycles. The van der Waals surface area contributed by atoms with Crippen molar-refractivity contribution >= 4 is 0 Å². The second kappa shape index (κ2) is 5.44. The monoisotopic (exact) mass is 208 g/mol. The number of hydrogen-bond acceptors (Lipinski definition) is 3. The highest BCUT2D eigenvalue weighted by Gasteiger charge is 2.06. The van der Waals surface area contributed by atoms with Gasteiger partial charge in [0.05, 0.1) is 11.7 Å². The van der Waals surface area contributed by atoms with Crippen LogP contribution in [0.3, 0.4) is 0 Å². The molecule has 0 aliphatic carbocycles. The summed E-state index contributed by atoms with van der Waals surface area (Å²) in [5.74, 6) is -0.488. The molecule has 3 nitrogen and oxygen atoms in total. The van der Waals surface area contributed by atoms with Crippen molar-refractivity contribution in [3.63, 3.8) is 0 Å². The maximum absolute atomic E-state index is 13.5. The van der Waals surface area contributed by atoms with Gasteiger partial charge >= 0.3 is 0 Å². The molecule has 0 bridgehead atoms. The fourth-order valence-corrected chi connectivity index (χ4v) is 1.22. The Bertz CT molecular complexity index is 371. The molecular weight excluding hydrogens is 195 g/mol. The van der Waals surface area contributed by atoms with E-state index in [9.17, 15) is 4.39 Å². The number of nitriles is 1. The fraction of sp³-hybridized carbons (Fsp3) is 0.364. The highest BCUT2D eigenvalue weighted by atomic mass is 19.1. The Labute approximate surface area is 88.2 Å². The van der Waals surface area contributed by atoms with Gasteiger partial charge in [-0.15, -0.1) is 0 Å². The van der Waals surface area contributed by atoms with Gasteiger partial charge in [0.25, 0.3) is 0 Å². The van der Waals surface area contributed by atoms with E-state index in [0.29, 0.717) is 18.7 Å². The van der Waals surface area contributed by atoms with Crippen LogP contribution in [0.15, 0.2) is 18.2 Å². The lowest BCUT2D eigenvalue weighted by Gasteiger charge is -2.08. The van der Waals surface area contributed by atoms with E-state index in [2.05, 4.69) is 5.32 Å². The first-order chi connectivity index (χ1) is 7.15. The minimum atomic E-state index is -0.488. The Kier molecular flexibility index (Phi) is 4.22. The summed E-state index contributed by atoms with van der Waals surface area (Å²) in [5, 5.41) is 20.5. The van der Waals surface area contributed by atoms with Crippen LogP contribution in [0.2, 0.25) is 0 Å². The van der Waals surface area contributed by atoms with E-state index >= 15 is 0 Å². The summed E-state index contributed by atoms with van der Waals surface area (Å²) in [7, 11) is 0. The van der Waals surface area contributed by atoms with E-state index in [1.807, 2.05) is 0 Å². The van der Waals surface area contributed by atoms with E-state index < -0.39 is 11.9 Å². The molecule has 0 aliphatic rings. The van der Waals surface area contributed by atoms with Crippen LogP contribution >= 0.6 is 0 Å². The van der Waals surface area contributed by atoms with Crippen LogP contribution in [-0.2, 0) is 6.54 Å². The van der Waals surface area contributed by atoms with E-state index in [1.165, 1.54) is 6.07 Å². The zero-order valence-electron chi connectivity index (χ0n) is 8.50. The molecule has 0 amide bonds. The smallest absolute Gasteiger partial charge is 0.145 e. The maximum Gasteiger partial charge on any atom is 0.145 e. The molecule has 15 heavy (non-hydrogen) atoms. The van der Waals surface area contributed by atoms with Gasteiger partial charge in [0.1, 0.15) is 11.9 Å². The summed E-state index contributed by atoms with van der Waals surface area (Å²) in [5.41, 5.74) is 0.487. The highest BCUT2D eigenvalue weighted by molar-refractivity contribution is 5.34. The van der Waals surface area contributed by atoms with Crippen LogP contribution in [0.5, 0.6) is 0 Å². The van der Waals surface area contributed by atoms with Crippen molar-refractivity contribution in [3.8, 4) is 6.07 Å². The van der Waals surface area contributed by atoms with Gasteiger partial charge in [0.2, 0.25) is 0 Å². The van der Waals surface area contributed by atoms with Gasteiger partial charge in [-0.1, -0.05) is 12.1 Å². The van der Waals surface area contributed by atoms with Gasteiger partial charge in [-0.3, -0.25) is 0 Å². The van der Waals surface area contributed by atoms with Gasteiger partial charge in [-0.05, 0) is 13.0 Å². The molecule has 0 radical (unpaired) electrons. The van der Waals surface area contributed by atoms with Gasteiger partial charge < -0.3 is 10.4 Å². The van der Waals surface area contributed by atoms with E-state index in [4.69, 9.17) is 10.4 Å². The number of benzene rings is 1. The molecule has 1 aromatic rings. The quantitative estimate of drug-likeness (QED) is 0.780. The number of aliphatic hydroxyl groups excluding tert-OH is 1. The number of hydrogen-bond donors (Lipinski definition) is 2. The third-order valence-corrected chi connectivity index (χ3v) is 1.95. The minimum Gasteiger partial charge on any atom is -0.392 e. The molecule has 2 N–H and O–H groups in total. The van der Waals surface area contributed by atoms with Gasteiger partial charge in [0.15, 0.2) is 0 Å². The van der Waals surface area contributed by atoms with Crippen molar-refractivity contribution in [3.05, 3.63) is 35.1 Å². The van der Waals surface area contributed by atoms with Crippen molar-refractivity contribution in [2.45, 2.75) is 19.6 Å². The minimum absolute atomic E-state index is 0.0475. The molecular formula is C11H13FN2O. The van der Waals surface area contributed by atoms with Crippen molar-refractivity contribution in [1.29, 1.82) is 5.26 Å². The molecule has 80 valence electrons. The van der Waals surface area contributed by atoms with Crippen LogP contribution in [0.4, 0.5) is 4.39 Å². The highest BCUT2D eigenvalue weighted by Crippen LogP contribution is 2.11. The molecule has 0 saturated carbocycles. The average Bonchev–Trinajstić information content (AvgIpc) is 2.20. The van der Waals surface area contributed by atoms with Crippen LogP contribution in [0.25, 0.3) is 0 Å². The van der Waals surface area contributed by atoms with Crippen molar-refractivity contribution in [2.75, 3.05) is 6.54 Å². The molecule has 1 atom stereocenters. The Balaban J connectivity index is 2.66. The second-order valence-electron chi connectivity index (χ2n) is 3.37. The number of nitrogens with one attached hydrogen (secondary N) is 1. The normalized spacial score (nSPS) is 12.1. The fourth-order valence-electron chi connectivity index (χ4n) is 1.22. The molecule has 0 heterocycles. The topological polar surface area (TPSA) is 56.0 Å². The first-order valence-electron chi connectivity index (χ1n) is 4.71. The first-order valence-corrected chi connectivity index (χ1v) is 4.71. The SMILES string of the molecule is CC(O)CNCc1cccc(C#N)c1F. The number of aliphatic hydroxyl groups is 1. The molecule has 0 fully saturated rings. The Morgan fingerprint density at radius 1 is 1.60 bits per heavy atom. The summed E-state index contributed by atoms with van der Waals surface area (Å²) in [4.78, 5) is 0. The van der Waals surface area contributed by atoms with E-state index in [0.717, 1.165) is 0 Å². The van der Waals surface area contributed by atoms with Gasteiger partial charge in [-0.2, -0.15) is 5.26 Å². The molecule has 4 heteroatoms. The van der Waals surface area contributed by atoms with E-state index in [1.54, 1.807) is 25.1 Å². The standard InChI is InChI=1S/C11H13FN2O/c1-8(15)6-14-7-10-4-2-3-9(5-13)11(10)12/h2-4,8,14-15H,6-7H2,1H3. The largest absolute Gasteiger partial charge is 0.392 e. The summed E-state index contributed by atoms with van der Waals surface area (Å²) in [6.07, 6.45) is -0.466. The van der Waals surface area contributed by atoms with Gasteiger partial charge in [-0.25, -0.2) is 4.39 Å². The Morgan fingerprint density at radius 2 is 2.33 bits per heavy atom. The molecule has 0 spiro atoms. The second-order valence-corrected chi connectivity index (χ2v) is 3.37. The van der Waals surface area contributed by atoms with Gasteiger partial charge in [0, 0.05) is 18.7 Å². The molecule has 0 aliphatic heterocycles. The third kappa shape index (κ3) is 3.31. The predicted octanol–water partition coefficient (Wildman–Crippen LogP) is 1.17. The number of rotatable bonds is 4. The Morgan fingerprint density at radius 3 is 2.93 bits per heavy atom. The van der Waals surface area contributed by atoms with Crippen LogP contribution in [0.1, 0.15) is 18.1 Å². The van der Waals surface area contributed by atoms with Crippen molar-refractivity contribution in [1.82, 2.24) is 5.32 Å². The summed E-state index contributed by atoms with van der Waals surface area (Å²) in [6, 6.07) is 6.48. The summed E-state index contributed by atoms with van der Waals surface area (Å²) in [6.45, 7) is 2.36. The lowest BCUT2D eigenvalue weighted by Crippen LogP contribution is -2.24. The van der Waals surface area contributed by atoms with Crippen LogP contribution in [-0.4, -0.2) is 17.8 Å². The van der Waals surface area contributed by atoms with E-state index in [-0.39, 0.29) is 5.56 Å². The zero-order valence-corrected chi connectivity index (χ0v) is 8.50. The maximum atomic E-state index is 13.5. The first kappa shape index (κ1) is 11.6. The third-order valence-electron chi connectivity index (χ3n) is 1.95. The summed E-state index contributed by atoms with van der Waals surface area (Å²) < 4.78 is 13.5.